The second kappa shape index (κ2) is 7.59. The number of carbonyl (C=O) groups excluding carboxylic acids is 1. The van der Waals surface area contributed by atoms with E-state index in [2.05, 4.69) is 0 Å². The molecule has 0 spiro atoms. The highest BCUT2D eigenvalue weighted by Gasteiger charge is 2.16. The van der Waals surface area contributed by atoms with E-state index < -0.39 is 0 Å². The standard InChI is InChI=1S/C16H22O2S/c17-12-13-4-2-1-3-5-15(9-6-13)19-16-10-7-14(18)8-11-16/h7-8,10-13,15,18H,1-6,9H2. The molecular weight excluding hydrogens is 256 g/mol. The highest BCUT2D eigenvalue weighted by Crippen LogP contribution is 2.33. The summed E-state index contributed by atoms with van der Waals surface area (Å²) >= 11 is 1.89. The van der Waals surface area contributed by atoms with Gasteiger partial charge in [-0.1, -0.05) is 19.3 Å². The lowest BCUT2D eigenvalue weighted by atomic mass is 9.99. The van der Waals surface area contributed by atoms with Crippen molar-refractivity contribution in [3.63, 3.8) is 0 Å². The molecule has 1 aromatic rings. The summed E-state index contributed by atoms with van der Waals surface area (Å²) in [5.41, 5.74) is 0. The zero-order valence-corrected chi connectivity index (χ0v) is 12.1. The topological polar surface area (TPSA) is 37.3 Å². The van der Waals surface area contributed by atoms with E-state index in [9.17, 15) is 9.90 Å². The zero-order chi connectivity index (χ0) is 13.5. The Morgan fingerprint density at radius 1 is 1.00 bits per heavy atom. The van der Waals surface area contributed by atoms with E-state index in [4.69, 9.17) is 0 Å². The second-order valence-electron chi connectivity index (χ2n) is 5.35. The maximum absolute atomic E-state index is 11.0. The van der Waals surface area contributed by atoms with Gasteiger partial charge in [-0.25, -0.2) is 0 Å². The van der Waals surface area contributed by atoms with Gasteiger partial charge in [0.25, 0.3) is 0 Å². The Labute approximate surface area is 119 Å². The highest BCUT2D eigenvalue weighted by molar-refractivity contribution is 8.00. The third-order valence-electron chi connectivity index (χ3n) is 3.79. The van der Waals surface area contributed by atoms with Crippen molar-refractivity contribution in [1.29, 1.82) is 0 Å². The van der Waals surface area contributed by atoms with E-state index in [-0.39, 0.29) is 5.92 Å². The fourth-order valence-corrected chi connectivity index (χ4v) is 3.83. The van der Waals surface area contributed by atoms with Crippen LogP contribution in [0.2, 0.25) is 0 Å². The largest absolute Gasteiger partial charge is 0.508 e. The monoisotopic (exact) mass is 278 g/mol. The van der Waals surface area contributed by atoms with Crippen molar-refractivity contribution in [3.8, 4) is 5.75 Å². The van der Waals surface area contributed by atoms with Crippen LogP contribution in [-0.4, -0.2) is 16.6 Å². The Kier molecular flexibility index (Phi) is 5.77. The third-order valence-corrected chi connectivity index (χ3v) is 5.14. The Morgan fingerprint density at radius 2 is 1.74 bits per heavy atom. The molecule has 2 nitrogen and oxygen atoms in total. The van der Waals surface area contributed by atoms with Gasteiger partial charge in [0.15, 0.2) is 0 Å². The number of rotatable bonds is 3. The van der Waals surface area contributed by atoms with Gasteiger partial charge in [-0.15, -0.1) is 11.8 Å². The van der Waals surface area contributed by atoms with Gasteiger partial charge in [0, 0.05) is 16.1 Å². The minimum Gasteiger partial charge on any atom is -0.508 e. The van der Waals surface area contributed by atoms with Crippen LogP contribution in [0.25, 0.3) is 0 Å². The molecule has 1 N–H and O–H groups in total. The number of phenols is 1. The number of hydrogen-bond acceptors (Lipinski definition) is 3. The van der Waals surface area contributed by atoms with E-state index in [1.54, 1.807) is 12.1 Å². The van der Waals surface area contributed by atoms with E-state index >= 15 is 0 Å². The van der Waals surface area contributed by atoms with Gasteiger partial charge in [0.1, 0.15) is 12.0 Å². The van der Waals surface area contributed by atoms with Crippen LogP contribution in [0.5, 0.6) is 5.75 Å². The summed E-state index contributed by atoms with van der Waals surface area (Å²) in [6, 6.07) is 7.44. The minimum atomic E-state index is 0.265. The van der Waals surface area contributed by atoms with Crippen molar-refractivity contribution < 1.29 is 9.90 Å². The number of phenolic OH excluding ortho intramolecular Hbond substituents is 1. The summed E-state index contributed by atoms with van der Waals surface area (Å²) in [5, 5.41) is 9.90. The van der Waals surface area contributed by atoms with Crippen molar-refractivity contribution in [2.45, 2.75) is 55.1 Å². The first kappa shape index (κ1) is 14.4. The summed E-state index contributed by atoms with van der Waals surface area (Å²) in [6.45, 7) is 0. The number of thioether (sulfide) groups is 1. The summed E-state index contributed by atoms with van der Waals surface area (Å²) in [7, 11) is 0. The normalized spacial score (nSPS) is 25.1. The van der Waals surface area contributed by atoms with Gasteiger partial charge in [-0.05, 0) is 49.9 Å². The van der Waals surface area contributed by atoms with Gasteiger partial charge in [-0.2, -0.15) is 0 Å². The zero-order valence-electron chi connectivity index (χ0n) is 11.3. The average molecular weight is 278 g/mol. The first-order chi connectivity index (χ1) is 9.28. The maximum Gasteiger partial charge on any atom is 0.123 e. The quantitative estimate of drug-likeness (QED) is 0.832. The molecule has 0 aromatic heterocycles. The van der Waals surface area contributed by atoms with Gasteiger partial charge in [0.2, 0.25) is 0 Å². The number of hydrogen-bond donors (Lipinski definition) is 1. The Morgan fingerprint density at radius 3 is 2.47 bits per heavy atom. The van der Waals surface area contributed by atoms with E-state index in [0.29, 0.717) is 11.0 Å². The average Bonchev–Trinajstić information content (AvgIpc) is 2.53. The number of carbonyl (C=O) groups is 1. The maximum atomic E-state index is 11.0. The van der Waals surface area contributed by atoms with E-state index in [0.717, 1.165) is 25.5 Å². The van der Waals surface area contributed by atoms with Gasteiger partial charge < -0.3 is 9.90 Å². The Bertz CT molecular complexity index is 388. The highest BCUT2D eigenvalue weighted by atomic mass is 32.2. The first-order valence-electron chi connectivity index (χ1n) is 7.19. The van der Waals surface area contributed by atoms with Crippen LogP contribution >= 0.6 is 11.8 Å². The molecule has 1 saturated carbocycles. The molecule has 0 bridgehead atoms. The van der Waals surface area contributed by atoms with E-state index in [1.807, 2.05) is 23.9 Å². The first-order valence-corrected chi connectivity index (χ1v) is 8.07. The molecule has 1 aliphatic carbocycles. The lowest BCUT2D eigenvalue weighted by Crippen LogP contribution is -2.07. The lowest BCUT2D eigenvalue weighted by molar-refractivity contribution is -0.111. The molecule has 0 aliphatic heterocycles. The molecule has 2 atom stereocenters. The van der Waals surface area contributed by atoms with Crippen molar-refractivity contribution >= 4 is 18.0 Å². The van der Waals surface area contributed by atoms with E-state index in [1.165, 1.54) is 30.6 Å². The summed E-state index contributed by atoms with van der Waals surface area (Å²) in [5.74, 6) is 0.584. The molecule has 0 radical (unpaired) electrons. The molecule has 104 valence electrons. The fourth-order valence-electron chi connectivity index (χ4n) is 2.62. The minimum absolute atomic E-state index is 0.265. The van der Waals surface area contributed by atoms with Crippen molar-refractivity contribution in [2.24, 2.45) is 5.92 Å². The molecule has 2 rings (SSSR count). The molecule has 2 unspecified atom stereocenters. The van der Waals surface area contributed by atoms with Gasteiger partial charge in [-0.3, -0.25) is 0 Å². The SMILES string of the molecule is O=CC1CCCCCC(Sc2ccc(O)cc2)CC1. The number of aldehydes is 1. The van der Waals surface area contributed by atoms with Crippen molar-refractivity contribution in [2.75, 3.05) is 0 Å². The molecule has 0 saturated heterocycles. The molecule has 0 heterocycles. The van der Waals surface area contributed by atoms with Crippen molar-refractivity contribution in [1.82, 2.24) is 0 Å². The summed E-state index contributed by atoms with van der Waals surface area (Å²) in [6.07, 6.45) is 9.30. The van der Waals surface area contributed by atoms with Gasteiger partial charge in [0.05, 0.1) is 0 Å². The fraction of sp³-hybridized carbons (Fsp3) is 0.562. The van der Waals surface area contributed by atoms with Crippen LogP contribution < -0.4 is 0 Å². The smallest absolute Gasteiger partial charge is 0.123 e. The molecule has 19 heavy (non-hydrogen) atoms. The Balaban J connectivity index is 1.93. The van der Waals surface area contributed by atoms with Crippen LogP contribution in [0.3, 0.4) is 0 Å². The van der Waals surface area contributed by atoms with Crippen LogP contribution in [0.1, 0.15) is 44.9 Å². The van der Waals surface area contributed by atoms with Crippen LogP contribution in [-0.2, 0) is 4.79 Å². The predicted octanol–water partition coefficient (Wildman–Crippen LogP) is 4.41. The summed E-state index contributed by atoms with van der Waals surface area (Å²) < 4.78 is 0. The lowest BCUT2D eigenvalue weighted by Gasteiger charge is -2.16. The number of aromatic hydroxyl groups is 1. The molecular formula is C16H22O2S. The molecule has 3 heteroatoms. The molecule has 1 fully saturated rings. The predicted molar refractivity (Wildman–Crippen MR) is 79.6 cm³/mol. The van der Waals surface area contributed by atoms with Gasteiger partial charge >= 0.3 is 0 Å². The van der Waals surface area contributed by atoms with Crippen LogP contribution in [0, 0.1) is 5.92 Å². The van der Waals surface area contributed by atoms with Crippen LogP contribution in [0.15, 0.2) is 29.2 Å². The molecule has 1 aromatic carbocycles. The third kappa shape index (κ3) is 4.90. The molecule has 1 aliphatic rings. The van der Waals surface area contributed by atoms with Crippen LogP contribution in [0.4, 0.5) is 0 Å². The summed E-state index contributed by atoms with van der Waals surface area (Å²) in [4.78, 5) is 12.2. The molecule has 0 amide bonds. The second-order valence-corrected chi connectivity index (χ2v) is 6.72. The number of benzene rings is 1. The van der Waals surface area contributed by atoms with Crippen molar-refractivity contribution in [3.05, 3.63) is 24.3 Å². The Hall–Kier alpha value is -0.960.